The van der Waals surface area contributed by atoms with E-state index < -0.39 is 0 Å². The smallest absolute Gasteiger partial charge is 0.278 e. The van der Waals surface area contributed by atoms with E-state index in [0.29, 0.717) is 46.9 Å². The van der Waals surface area contributed by atoms with Crippen LogP contribution in [0.3, 0.4) is 0 Å². The number of aromatic nitrogens is 3. The zero-order valence-electron chi connectivity index (χ0n) is 18.8. The summed E-state index contributed by atoms with van der Waals surface area (Å²) in [5.74, 6) is 0.349. The van der Waals surface area contributed by atoms with Gasteiger partial charge in [0, 0.05) is 12.3 Å². The molecule has 1 N–H and O–H groups in total. The van der Waals surface area contributed by atoms with E-state index >= 15 is 0 Å². The zero-order valence-corrected chi connectivity index (χ0v) is 20.3. The summed E-state index contributed by atoms with van der Waals surface area (Å²) < 4.78 is 18.5. The first-order valence-corrected chi connectivity index (χ1v) is 11.9. The second-order valence-corrected chi connectivity index (χ2v) is 8.74. The van der Waals surface area contributed by atoms with Crippen molar-refractivity contribution in [1.29, 1.82) is 0 Å². The lowest BCUT2D eigenvalue weighted by Crippen LogP contribution is -2.24. The number of hydrogen-bond acceptors (Lipinski definition) is 6. The average Bonchev–Trinajstić information content (AvgIpc) is 3.21. The summed E-state index contributed by atoms with van der Waals surface area (Å²) in [4.78, 5) is 12.7. The van der Waals surface area contributed by atoms with Crippen LogP contribution in [0.2, 0.25) is 10.0 Å². The average molecular weight is 505 g/mol. The Hall–Kier alpha value is -2.65. The van der Waals surface area contributed by atoms with Crippen LogP contribution >= 0.6 is 23.2 Å². The number of carbonyl (C=O) groups is 1. The highest BCUT2D eigenvalue weighted by atomic mass is 35.5. The molecule has 1 saturated heterocycles. The molecule has 1 aliphatic heterocycles. The summed E-state index contributed by atoms with van der Waals surface area (Å²) in [6, 6.07) is 12.5. The van der Waals surface area contributed by atoms with E-state index in [1.54, 1.807) is 48.0 Å². The maximum absolute atomic E-state index is 12.7. The van der Waals surface area contributed by atoms with Crippen molar-refractivity contribution in [2.45, 2.75) is 39.0 Å². The van der Waals surface area contributed by atoms with Crippen LogP contribution in [0.15, 0.2) is 42.5 Å². The largest absolute Gasteiger partial charge is 0.491 e. The summed E-state index contributed by atoms with van der Waals surface area (Å²) in [6.45, 7) is 3.86. The molecule has 0 radical (unpaired) electrons. The van der Waals surface area contributed by atoms with Gasteiger partial charge in [-0.15, -0.1) is 5.10 Å². The number of halogens is 2. The highest BCUT2D eigenvalue weighted by Crippen LogP contribution is 2.23. The maximum atomic E-state index is 12.7. The number of anilines is 1. The fourth-order valence-electron chi connectivity index (χ4n) is 3.54. The van der Waals surface area contributed by atoms with Crippen molar-refractivity contribution in [3.05, 3.63) is 69.5 Å². The molecule has 34 heavy (non-hydrogen) atoms. The molecule has 0 saturated carbocycles. The van der Waals surface area contributed by atoms with Crippen molar-refractivity contribution < 1.29 is 19.0 Å². The van der Waals surface area contributed by atoms with Gasteiger partial charge in [0.15, 0.2) is 12.0 Å². The molecule has 4 rings (SSSR count). The summed E-state index contributed by atoms with van der Waals surface area (Å²) in [5.41, 5.74) is 2.43. The van der Waals surface area contributed by atoms with Crippen molar-refractivity contribution in [2.75, 3.05) is 25.1 Å². The molecule has 0 bridgehead atoms. The molecule has 0 aliphatic carbocycles. The Morgan fingerprint density at radius 3 is 2.71 bits per heavy atom. The van der Waals surface area contributed by atoms with Gasteiger partial charge in [-0.05, 0) is 68.1 Å². The van der Waals surface area contributed by atoms with E-state index in [2.05, 4.69) is 15.6 Å². The van der Waals surface area contributed by atoms with Crippen molar-refractivity contribution >= 4 is 34.8 Å². The third-order valence-corrected chi connectivity index (χ3v) is 6.16. The van der Waals surface area contributed by atoms with Gasteiger partial charge in [-0.3, -0.25) is 4.79 Å². The molecular weight excluding hydrogens is 479 g/mol. The lowest BCUT2D eigenvalue weighted by atomic mass is 10.2. The van der Waals surface area contributed by atoms with Crippen LogP contribution in [0.5, 0.6) is 5.75 Å². The van der Waals surface area contributed by atoms with Crippen molar-refractivity contribution in [1.82, 2.24) is 15.0 Å². The highest BCUT2D eigenvalue weighted by Gasteiger charge is 2.17. The van der Waals surface area contributed by atoms with Gasteiger partial charge in [0.25, 0.3) is 5.91 Å². The minimum Gasteiger partial charge on any atom is -0.491 e. The minimum atomic E-state index is -0.340. The van der Waals surface area contributed by atoms with Crippen LogP contribution in [0, 0.1) is 6.92 Å². The lowest BCUT2D eigenvalue weighted by molar-refractivity contribution is -0.165. The van der Waals surface area contributed by atoms with Gasteiger partial charge in [-0.25, -0.2) is 4.68 Å². The number of amides is 1. The number of nitrogens with zero attached hydrogens (tertiary/aromatic N) is 3. The molecule has 0 spiro atoms. The topological polar surface area (TPSA) is 87.5 Å². The summed E-state index contributed by atoms with van der Waals surface area (Å²) in [7, 11) is 0. The van der Waals surface area contributed by atoms with Crippen LogP contribution < -0.4 is 10.1 Å². The first-order valence-electron chi connectivity index (χ1n) is 11.1. The van der Waals surface area contributed by atoms with Gasteiger partial charge < -0.3 is 19.5 Å². The van der Waals surface area contributed by atoms with Crippen molar-refractivity contribution in [2.24, 2.45) is 0 Å². The Morgan fingerprint density at radius 1 is 1.15 bits per heavy atom. The minimum absolute atomic E-state index is 0.125. The molecule has 1 fully saturated rings. The molecule has 10 heteroatoms. The lowest BCUT2D eigenvalue weighted by Gasteiger charge is -2.22. The van der Waals surface area contributed by atoms with Crippen LogP contribution in [-0.4, -0.2) is 47.0 Å². The first kappa shape index (κ1) is 24.5. The Kier molecular flexibility index (Phi) is 8.39. The monoisotopic (exact) mass is 504 g/mol. The fourth-order valence-corrected chi connectivity index (χ4v) is 3.86. The Balaban J connectivity index is 1.27. The third kappa shape index (κ3) is 6.48. The standard InChI is InChI=1S/C24H26Cl2N4O4/c1-16-23(28-29-30(16)15-17-5-10-20(25)21(26)14-17)24(31)27-18-6-8-19(9-7-18)32-12-13-34-22-4-2-3-11-33-22/h5-10,14,22H,2-4,11-13,15H2,1H3,(H,27,31). The number of hydrogen-bond donors (Lipinski definition) is 1. The predicted molar refractivity (Wildman–Crippen MR) is 130 cm³/mol. The molecule has 3 aromatic rings. The summed E-state index contributed by atoms with van der Waals surface area (Å²) >= 11 is 12.1. The number of nitrogens with one attached hydrogen (secondary N) is 1. The van der Waals surface area contributed by atoms with Crippen molar-refractivity contribution in [3.63, 3.8) is 0 Å². The van der Waals surface area contributed by atoms with Crippen LogP contribution in [-0.2, 0) is 16.0 Å². The van der Waals surface area contributed by atoms with Gasteiger partial charge in [-0.2, -0.15) is 0 Å². The predicted octanol–water partition coefficient (Wildman–Crippen LogP) is 5.12. The van der Waals surface area contributed by atoms with E-state index in [0.717, 1.165) is 31.4 Å². The molecule has 180 valence electrons. The number of ether oxygens (including phenoxy) is 3. The van der Waals surface area contributed by atoms with Crippen LogP contribution in [0.1, 0.15) is 41.0 Å². The third-order valence-electron chi connectivity index (χ3n) is 5.42. The Bertz CT molecular complexity index is 1110. The molecule has 1 unspecified atom stereocenters. The van der Waals surface area contributed by atoms with Gasteiger partial charge in [-0.1, -0.05) is 34.5 Å². The molecule has 8 nitrogen and oxygen atoms in total. The van der Waals surface area contributed by atoms with E-state index in [1.807, 2.05) is 6.07 Å². The molecular formula is C24H26Cl2N4O4. The number of carbonyl (C=O) groups excluding carboxylic acids is 1. The van der Waals surface area contributed by atoms with E-state index in [9.17, 15) is 4.79 Å². The van der Waals surface area contributed by atoms with Gasteiger partial charge >= 0.3 is 0 Å². The molecule has 1 amide bonds. The van der Waals surface area contributed by atoms with Crippen molar-refractivity contribution in [3.8, 4) is 5.75 Å². The SMILES string of the molecule is Cc1c(C(=O)Nc2ccc(OCCOC3CCCCO3)cc2)nnn1Cc1ccc(Cl)c(Cl)c1. The fraction of sp³-hybridized carbons (Fsp3) is 0.375. The quantitative estimate of drug-likeness (QED) is 0.407. The van der Waals surface area contributed by atoms with Crippen LogP contribution in [0.25, 0.3) is 0 Å². The van der Waals surface area contributed by atoms with Gasteiger partial charge in [0.05, 0.1) is 28.9 Å². The highest BCUT2D eigenvalue weighted by molar-refractivity contribution is 6.42. The summed E-state index contributed by atoms with van der Waals surface area (Å²) in [5, 5.41) is 11.9. The Morgan fingerprint density at radius 2 is 1.97 bits per heavy atom. The van der Waals surface area contributed by atoms with Gasteiger partial charge in [0.1, 0.15) is 12.4 Å². The normalized spacial score (nSPS) is 15.8. The van der Waals surface area contributed by atoms with E-state index in [-0.39, 0.29) is 17.9 Å². The molecule has 2 aromatic carbocycles. The number of rotatable bonds is 9. The second kappa shape index (κ2) is 11.7. The summed E-state index contributed by atoms with van der Waals surface area (Å²) in [6.07, 6.45) is 3.03. The van der Waals surface area contributed by atoms with E-state index in [1.165, 1.54) is 0 Å². The molecule has 1 aromatic heterocycles. The Labute approximate surface area is 208 Å². The van der Waals surface area contributed by atoms with Crippen LogP contribution in [0.4, 0.5) is 5.69 Å². The van der Waals surface area contributed by atoms with E-state index in [4.69, 9.17) is 37.4 Å². The first-order chi connectivity index (χ1) is 16.5. The zero-order chi connectivity index (χ0) is 23.9. The maximum Gasteiger partial charge on any atom is 0.278 e. The molecule has 1 aliphatic rings. The number of benzene rings is 2. The van der Waals surface area contributed by atoms with Gasteiger partial charge in [0.2, 0.25) is 0 Å². The second-order valence-electron chi connectivity index (χ2n) is 7.92. The molecule has 2 heterocycles. The molecule has 1 atom stereocenters.